The van der Waals surface area contributed by atoms with Gasteiger partial charge in [0.1, 0.15) is 0 Å². The van der Waals surface area contributed by atoms with Crippen LogP contribution in [0.5, 0.6) is 0 Å². The molecule has 0 unspecified atom stereocenters. The van der Waals surface area contributed by atoms with Gasteiger partial charge in [0.2, 0.25) is 0 Å². The summed E-state index contributed by atoms with van der Waals surface area (Å²) in [5.74, 6) is 6.38. The molecule has 0 saturated heterocycles. The predicted octanol–water partition coefficient (Wildman–Crippen LogP) is 2.83. The topological polar surface area (TPSA) is 17.1 Å². The van der Waals surface area contributed by atoms with E-state index >= 15 is 0 Å². The first-order valence-electron chi connectivity index (χ1n) is 4.43. The van der Waals surface area contributed by atoms with Crippen LogP contribution in [0.1, 0.15) is 47.0 Å². The van der Waals surface area contributed by atoms with E-state index in [0.717, 1.165) is 6.42 Å². The van der Waals surface area contributed by atoms with E-state index in [9.17, 15) is 0 Å². The van der Waals surface area contributed by atoms with E-state index < -0.39 is 0 Å². The summed E-state index contributed by atoms with van der Waals surface area (Å²) in [5, 5.41) is 0. The van der Waals surface area contributed by atoms with Crippen LogP contribution in [-0.4, -0.2) is 4.82 Å². The molecule has 0 aromatic heterocycles. The second-order valence-corrected chi connectivity index (χ2v) is 3.94. The summed E-state index contributed by atoms with van der Waals surface area (Å²) in [6.07, 6.45) is 3.55. The molecule has 0 aliphatic carbocycles. The van der Waals surface area contributed by atoms with Crippen LogP contribution in [0.4, 0.5) is 0 Å². The van der Waals surface area contributed by atoms with E-state index in [1.807, 2.05) is 0 Å². The molecular formula is C11H18CoO. The molecule has 0 aromatic rings. The zero-order chi connectivity index (χ0) is 10.7. The van der Waals surface area contributed by atoms with Crippen LogP contribution in [0, 0.1) is 17.3 Å². The summed E-state index contributed by atoms with van der Waals surface area (Å²) >= 11 is 3.02. The third kappa shape index (κ3) is 24.5. The Hall–Kier alpha value is -0.354. The van der Waals surface area contributed by atoms with Gasteiger partial charge in [0.15, 0.2) is 0 Å². The van der Waals surface area contributed by atoms with Crippen molar-refractivity contribution in [2.45, 2.75) is 47.0 Å². The van der Waals surface area contributed by atoms with Crippen LogP contribution in [0.25, 0.3) is 0 Å². The van der Waals surface area contributed by atoms with Crippen molar-refractivity contribution in [3.8, 4) is 11.8 Å². The summed E-state index contributed by atoms with van der Waals surface area (Å²) in [5.41, 5.74) is 0.188. The molecule has 0 saturated carbocycles. The summed E-state index contributed by atoms with van der Waals surface area (Å²) in [4.78, 5) is 9.73. The maximum absolute atomic E-state index is 8.54. The Morgan fingerprint density at radius 1 is 1.31 bits per heavy atom. The molecule has 0 spiro atoms. The van der Waals surface area contributed by atoms with Gasteiger partial charge in [0.05, 0.1) is 0 Å². The standard InChI is InChI=1S/C10H18.CO.Co/c1-5-6-7-8-9-10(2,3)4;1-2;/h5-7H2,1-4H3;;. The Morgan fingerprint density at radius 3 is 2.08 bits per heavy atom. The molecule has 0 bridgehead atoms. The summed E-state index contributed by atoms with van der Waals surface area (Å²) in [7, 11) is 0. The molecule has 1 nitrogen and oxygen atoms in total. The molecule has 0 aliphatic rings. The number of unbranched alkanes of at least 4 members (excludes halogenated alkanes) is 2. The molecule has 0 amide bonds. The van der Waals surface area contributed by atoms with Crippen molar-refractivity contribution in [2.24, 2.45) is 5.41 Å². The Labute approximate surface area is 89.4 Å². The van der Waals surface area contributed by atoms with Crippen LogP contribution < -0.4 is 0 Å². The number of rotatable bonds is 2. The number of hydrogen-bond acceptors (Lipinski definition) is 1. The molecule has 2 heteroatoms. The van der Waals surface area contributed by atoms with Crippen molar-refractivity contribution in [3.05, 3.63) is 0 Å². The van der Waals surface area contributed by atoms with Gasteiger partial charge < -0.3 is 0 Å². The second-order valence-electron chi connectivity index (χ2n) is 3.72. The molecule has 0 N–H and O–H groups in total. The van der Waals surface area contributed by atoms with Gasteiger partial charge in [-0.05, 0) is 27.2 Å². The Balaban J connectivity index is 0. The van der Waals surface area contributed by atoms with Crippen LogP contribution in [-0.2, 0) is 20.1 Å². The van der Waals surface area contributed by atoms with E-state index in [4.69, 9.17) is 4.79 Å². The van der Waals surface area contributed by atoms with E-state index in [0.29, 0.717) is 0 Å². The fraction of sp³-hybridized carbons (Fsp3) is 0.727. The molecule has 0 heterocycles. The molecule has 0 aromatic carbocycles. The van der Waals surface area contributed by atoms with Crippen LogP contribution in [0.15, 0.2) is 0 Å². The van der Waals surface area contributed by atoms with Crippen molar-refractivity contribution in [3.63, 3.8) is 0 Å². The number of carbonyl (C=O) groups excluding carboxylic acids is 1. The quantitative estimate of drug-likeness (QED) is 0.521. The average molecular weight is 225 g/mol. The molecule has 77 valence electrons. The maximum atomic E-state index is 8.54. The van der Waals surface area contributed by atoms with Crippen LogP contribution in [0.2, 0.25) is 0 Å². The van der Waals surface area contributed by atoms with Crippen molar-refractivity contribution >= 4 is 4.82 Å². The Kier molecular flexibility index (Phi) is 11.3. The normalized spacial score (nSPS) is 8.69. The molecular weight excluding hydrogens is 207 g/mol. The van der Waals surface area contributed by atoms with E-state index in [-0.39, 0.29) is 5.41 Å². The first-order chi connectivity index (χ1) is 5.97. The van der Waals surface area contributed by atoms with E-state index in [1.165, 1.54) is 17.7 Å². The summed E-state index contributed by atoms with van der Waals surface area (Å²) in [6, 6.07) is 0. The van der Waals surface area contributed by atoms with Gasteiger partial charge in [-0.1, -0.05) is 19.3 Å². The molecule has 0 aliphatic heterocycles. The van der Waals surface area contributed by atoms with Crippen molar-refractivity contribution in [1.29, 1.82) is 0 Å². The third-order valence-electron chi connectivity index (χ3n) is 1.12. The molecule has 0 atom stereocenters. The molecule has 0 rings (SSSR count). The van der Waals surface area contributed by atoms with Crippen molar-refractivity contribution < 1.29 is 20.1 Å². The van der Waals surface area contributed by atoms with Crippen molar-refractivity contribution in [2.75, 3.05) is 0 Å². The minimum absolute atomic E-state index is 0.188. The monoisotopic (exact) mass is 225 g/mol. The Bertz CT molecular complexity index is 196. The van der Waals surface area contributed by atoms with Gasteiger partial charge in [-0.3, -0.25) is 0 Å². The molecule has 13 heavy (non-hydrogen) atoms. The van der Waals surface area contributed by atoms with Crippen molar-refractivity contribution in [1.82, 2.24) is 0 Å². The summed E-state index contributed by atoms with van der Waals surface area (Å²) in [6.45, 7) is 8.63. The predicted molar refractivity (Wildman–Crippen MR) is 52.4 cm³/mol. The van der Waals surface area contributed by atoms with E-state index in [2.05, 4.69) is 54.8 Å². The van der Waals surface area contributed by atoms with Gasteiger partial charge in [0, 0.05) is 11.8 Å². The SMILES string of the molecule is CCCCC#CC(C)(C)C.O=[C]=[Co]. The summed E-state index contributed by atoms with van der Waals surface area (Å²) < 4.78 is 0. The fourth-order valence-electron chi connectivity index (χ4n) is 0.593. The van der Waals surface area contributed by atoms with Crippen LogP contribution >= 0.6 is 0 Å². The van der Waals surface area contributed by atoms with Gasteiger partial charge in [0.25, 0.3) is 0 Å². The fourth-order valence-corrected chi connectivity index (χ4v) is 0.593. The average Bonchev–Trinajstić information content (AvgIpc) is 1.98. The van der Waals surface area contributed by atoms with Gasteiger partial charge in [-0.15, -0.1) is 5.92 Å². The zero-order valence-corrected chi connectivity index (χ0v) is 9.90. The first-order valence-corrected chi connectivity index (χ1v) is 4.95. The number of hydrogen-bond donors (Lipinski definition) is 0. The minimum atomic E-state index is 0.188. The third-order valence-corrected chi connectivity index (χ3v) is 1.12. The van der Waals surface area contributed by atoms with Gasteiger partial charge in [-0.2, -0.15) is 0 Å². The van der Waals surface area contributed by atoms with Gasteiger partial charge in [-0.25, -0.2) is 0 Å². The Morgan fingerprint density at radius 2 is 1.77 bits per heavy atom. The van der Waals surface area contributed by atoms with Gasteiger partial charge >= 0.3 is 24.9 Å². The molecule has 0 radical (unpaired) electrons. The van der Waals surface area contributed by atoms with Crippen LogP contribution in [0.3, 0.4) is 0 Å². The second kappa shape index (κ2) is 9.73. The van der Waals surface area contributed by atoms with E-state index in [1.54, 1.807) is 0 Å². The molecule has 0 fully saturated rings. The first kappa shape index (κ1) is 15.1. The zero-order valence-electron chi connectivity index (χ0n) is 8.86.